The van der Waals surface area contributed by atoms with Crippen molar-refractivity contribution in [3.63, 3.8) is 0 Å². The van der Waals surface area contributed by atoms with E-state index in [9.17, 15) is 8.42 Å². The molecule has 1 aromatic heterocycles. The SMILES string of the molecule is O=S(=O)(C[C@H]1CCCCO1)Nc1ccn(-c2ccccc2)n1. The van der Waals surface area contributed by atoms with Gasteiger partial charge in [0.1, 0.15) is 0 Å². The van der Waals surface area contributed by atoms with E-state index in [1.807, 2.05) is 30.3 Å². The van der Waals surface area contributed by atoms with Crippen LogP contribution in [0.4, 0.5) is 5.82 Å². The normalized spacial score (nSPS) is 19.0. The molecular weight excluding hydrogens is 302 g/mol. The van der Waals surface area contributed by atoms with Crippen LogP contribution >= 0.6 is 0 Å². The van der Waals surface area contributed by atoms with Gasteiger partial charge in [-0.1, -0.05) is 18.2 Å². The number of para-hydroxylation sites is 1. The molecule has 0 saturated carbocycles. The van der Waals surface area contributed by atoms with Crippen LogP contribution < -0.4 is 4.72 Å². The molecule has 1 fully saturated rings. The summed E-state index contributed by atoms with van der Waals surface area (Å²) in [6.45, 7) is 0.642. The molecule has 2 heterocycles. The molecule has 2 aromatic rings. The molecule has 0 radical (unpaired) electrons. The van der Waals surface area contributed by atoms with E-state index in [4.69, 9.17) is 4.74 Å². The number of ether oxygens (including phenoxy) is 1. The molecular formula is C15H19N3O3S. The standard InChI is InChI=1S/C15H19N3O3S/c19-22(20,12-14-8-4-5-11-21-14)17-15-9-10-18(16-15)13-6-2-1-3-7-13/h1-3,6-7,9-10,14H,4-5,8,11-12H2,(H,16,17)/t14-/m1/s1. The molecule has 0 spiro atoms. The molecule has 0 amide bonds. The van der Waals surface area contributed by atoms with Gasteiger partial charge in [0.05, 0.1) is 17.5 Å². The molecule has 1 aliphatic heterocycles. The Balaban J connectivity index is 1.66. The second-order valence-electron chi connectivity index (χ2n) is 5.35. The minimum Gasteiger partial charge on any atom is -0.377 e. The minimum absolute atomic E-state index is 0.0226. The second kappa shape index (κ2) is 6.50. The molecule has 3 rings (SSSR count). The molecule has 1 aliphatic rings. The van der Waals surface area contributed by atoms with E-state index in [1.165, 1.54) is 0 Å². The topological polar surface area (TPSA) is 73.2 Å². The summed E-state index contributed by atoms with van der Waals surface area (Å²) in [7, 11) is -3.45. The van der Waals surface area contributed by atoms with Gasteiger partial charge in [-0.05, 0) is 31.4 Å². The number of rotatable bonds is 5. The summed E-state index contributed by atoms with van der Waals surface area (Å²) in [4.78, 5) is 0. The molecule has 0 bridgehead atoms. The monoisotopic (exact) mass is 321 g/mol. The van der Waals surface area contributed by atoms with Crippen LogP contribution in [-0.2, 0) is 14.8 Å². The maximum Gasteiger partial charge on any atom is 0.236 e. The van der Waals surface area contributed by atoms with Gasteiger partial charge in [-0.15, -0.1) is 5.10 Å². The molecule has 22 heavy (non-hydrogen) atoms. The van der Waals surface area contributed by atoms with E-state index in [-0.39, 0.29) is 11.9 Å². The highest BCUT2D eigenvalue weighted by atomic mass is 32.2. The van der Waals surface area contributed by atoms with Gasteiger partial charge in [0.2, 0.25) is 10.0 Å². The fraction of sp³-hybridized carbons (Fsp3) is 0.400. The van der Waals surface area contributed by atoms with Crippen LogP contribution in [0.1, 0.15) is 19.3 Å². The number of anilines is 1. The second-order valence-corrected chi connectivity index (χ2v) is 7.12. The number of hydrogen-bond donors (Lipinski definition) is 1. The first-order valence-corrected chi connectivity index (χ1v) is 9.01. The molecule has 1 saturated heterocycles. The predicted octanol–water partition coefficient (Wildman–Crippen LogP) is 2.18. The molecule has 6 nitrogen and oxygen atoms in total. The zero-order valence-electron chi connectivity index (χ0n) is 12.2. The Bertz CT molecular complexity index is 707. The van der Waals surface area contributed by atoms with Crippen molar-refractivity contribution in [1.82, 2.24) is 9.78 Å². The Labute approximate surface area is 130 Å². The van der Waals surface area contributed by atoms with Gasteiger partial charge < -0.3 is 4.74 Å². The number of hydrogen-bond acceptors (Lipinski definition) is 4. The summed E-state index contributed by atoms with van der Waals surface area (Å²) in [5.41, 5.74) is 0.878. The van der Waals surface area contributed by atoms with E-state index in [0.717, 1.165) is 24.9 Å². The highest BCUT2D eigenvalue weighted by molar-refractivity contribution is 7.92. The summed E-state index contributed by atoms with van der Waals surface area (Å²) in [5, 5.41) is 4.24. The van der Waals surface area contributed by atoms with Gasteiger partial charge in [0.15, 0.2) is 5.82 Å². The van der Waals surface area contributed by atoms with Crippen molar-refractivity contribution in [3.05, 3.63) is 42.6 Å². The van der Waals surface area contributed by atoms with Crippen LogP contribution in [-0.4, -0.2) is 36.7 Å². The lowest BCUT2D eigenvalue weighted by Crippen LogP contribution is -2.31. The van der Waals surface area contributed by atoms with Crippen molar-refractivity contribution in [2.24, 2.45) is 0 Å². The Morgan fingerprint density at radius 1 is 1.23 bits per heavy atom. The molecule has 0 unspecified atom stereocenters. The highest BCUT2D eigenvalue weighted by Crippen LogP contribution is 2.16. The van der Waals surface area contributed by atoms with Gasteiger partial charge in [-0.2, -0.15) is 0 Å². The molecule has 1 aromatic carbocycles. The third kappa shape index (κ3) is 3.86. The van der Waals surface area contributed by atoms with Crippen molar-refractivity contribution in [3.8, 4) is 5.69 Å². The Morgan fingerprint density at radius 3 is 2.77 bits per heavy atom. The Hall–Kier alpha value is -1.86. The number of nitrogens with one attached hydrogen (secondary N) is 1. The average molecular weight is 321 g/mol. The summed E-state index contributed by atoms with van der Waals surface area (Å²) < 4.78 is 34.0. The third-order valence-corrected chi connectivity index (χ3v) is 4.88. The van der Waals surface area contributed by atoms with Crippen LogP contribution in [0.5, 0.6) is 0 Å². The van der Waals surface area contributed by atoms with Crippen molar-refractivity contribution in [1.29, 1.82) is 0 Å². The van der Waals surface area contributed by atoms with Crippen LogP contribution in [0.25, 0.3) is 5.69 Å². The molecule has 7 heteroatoms. The van der Waals surface area contributed by atoms with Crippen molar-refractivity contribution >= 4 is 15.8 Å². The summed E-state index contributed by atoms with van der Waals surface area (Å²) in [6.07, 6.45) is 4.32. The van der Waals surface area contributed by atoms with Crippen molar-refractivity contribution in [2.45, 2.75) is 25.4 Å². The lowest BCUT2D eigenvalue weighted by atomic mass is 10.1. The first kappa shape index (κ1) is 15.1. The molecule has 0 aliphatic carbocycles. The number of aromatic nitrogens is 2. The van der Waals surface area contributed by atoms with Crippen LogP contribution in [0, 0.1) is 0 Å². The molecule has 118 valence electrons. The zero-order chi connectivity index (χ0) is 15.4. The van der Waals surface area contributed by atoms with Gasteiger partial charge in [0, 0.05) is 18.9 Å². The van der Waals surface area contributed by atoms with Gasteiger partial charge >= 0.3 is 0 Å². The smallest absolute Gasteiger partial charge is 0.236 e. The largest absolute Gasteiger partial charge is 0.377 e. The van der Waals surface area contributed by atoms with Gasteiger partial charge in [0.25, 0.3) is 0 Å². The quantitative estimate of drug-likeness (QED) is 0.916. The summed E-state index contributed by atoms with van der Waals surface area (Å²) >= 11 is 0. The fourth-order valence-corrected chi connectivity index (χ4v) is 3.75. The zero-order valence-corrected chi connectivity index (χ0v) is 13.0. The summed E-state index contributed by atoms with van der Waals surface area (Å²) in [6, 6.07) is 11.2. The molecule has 1 N–H and O–H groups in total. The van der Waals surface area contributed by atoms with Crippen molar-refractivity contribution in [2.75, 3.05) is 17.1 Å². The molecule has 1 atom stereocenters. The van der Waals surface area contributed by atoms with E-state index >= 15 is 0 Å². The van der Waals surface area contributed by atoms with Crippen molar-refractivity contribution < 1.29 is 13.2 Å². The van der Waals surface area contributed by atoms with E-state index in [0.29, 0.717) is 12.4 Å². The maximum absolute atomic E-state index is 12.2. The lowest BCUT2D eigenvalue weighted by Gasteiger charge is -2.22. The number of sulfonamides is 1. The number of nitrogens with zero attached hydrogens (tertiary/aromatic N) is 2. The predicted molar refractivity (Wildman–Crippen MR) is 84.6 cm³/mol. The van der Waals surface area contributed by atoms with E-state index in [2.05, 4.69) is 9.82 Å². The first-order chi connectivity index (χ1) is 10.6. The maximum atomic E-state index is 12.2. The highest BCUT2D eigenvalue weighted by Gasteiger charge is 2.22. The summed E-state index contributed by atoms with van der Waals surface area (Å²) in [5.74, 6) is 0.297. The van der Waals surface area contributed by atoms with Gasteiger partial charge in [-0.25, -0.2) is 13.1 Å². The lowest BCUT2D eigenvalue weighted by molar-refractivity contribution is 0.0306. The Morgan fingerprint density at radius 2 is 2.05 bits per heavy atom. The minimum atomic E-state index is -3.45. The number of benzene rings is 1. The Kier molecular flexibility index (Phi) is 4.44. The van der Waals surface area contributed by atoms with Crippen LogP contribution in [0.3, 0.4) is 0 Å². The van der Waals surface area contributed by atoms with Crippen LogP contribution in [0.2, 0.25) is 0 Å². The van der Waals surface area contributed by atoms with Crippen LogP contribution in [0.15, 0.2) is 42.6 Å². The fourth-order valence-electron chi connectivity index (χ4n) is 2.49. The first-order valence-electron chi connectivity index (χ1n) is 7.36. The van der Waals surface area contributed by atoms with E-state index < -0.39 is 10.0 Å². The van der Waals surface area contributed by atoms with Gasteiger partial charge in [-0.3, -0.25) is 4.72 Å². The van der Waals surface area contributed by atoms with E-state index in [1.54, 1.807) is 16.9 Å². The third-order valence-electron chi connectivity index (χ3n) is 3.55. The average Bonchev–Trinajstić information content (AvgIpc) is 2.96.